The summed E-state index contributed by atoms with van der Waals surface area (Å²) in [5.41, 5.74) is 2.99. The molecule has 3 aromatic heterocycles. The summed E-state index contributed by atoms with van der Waals surface area (Å²) in [5, 5.41) is 5.14. The van der Waals surface area contributed by atoms with Gasteiger partial charge in [-0.1, -0.05) is 0 Å². The first kappa shape index (κ1) is 13.2. The number of fused-ring (bicyclic) bond motifs is 1. The van der Waals surface area contributed by atoms with Crippen molar-refractivity contribution < 1.29 is 9.53 Å². The SMILES string of the molecule is COC(=O)c1ccnn1Cc1cc2cccnc2nc1C. The quantitative estimate of drug-likeness (QED) is 0.687. The Labute approximate surface area is 121 Å². The number of hydrogen-bond donors (Lipinski definition) is 0. The van der Waals surface area contributed by atoms with Crippen LogP contribution in [0.1, 0.15) is 21.7 Å². The zero-order valence-electron chi connectivity index (χ0n) is 11.8. The first-order chi connectivity index (χ1) is 10.2. The second kappa shape index (κ2) is 5.32. The molecule has 6 nitrogen and oxygen atoms in total. The Morgan fingerprint density at radius 3 is 3.00 bits per heavy atom. The average Bonchev–Trinajstić information content (AvgIpc) is 2.95. The number of carbonyl (C=O) groups excluding carboxylic acids is 1. The largest absolute Gasteiger partial charge is 0.464 e. The molecule has 6 heteroatoms. The van der Waals surface area contributed by atoms with E-state index in [1.165, 1.54) is 7.11 Å². The Hall–Kier alpha value is -2.76. The van der Waals surface area contributed by atoms with E-state index in [9.17, 15) is 4.79 Å². The molecule has 106 valence electrons. The van der Waals surface area contributed by atoms with Crippen LogP contribution in [0.25, 0.3) is 11.0 Å². The predicted octanol–water partition coefficient (Wildman–Crippen LogP) is 1.97. The van der Waals surface area contributed by atoms with Crippen molar-refractivity contribution in [1.82, 2.24) is 19.7 Å². The molecule has 0 N–H and O–H groups in total. The molecular formula is C15H14N4O2. The molecular weight excluding hydrogens is 268 g/mol. The summed E-state index contributed by atoms with van der Waals surface area (Å²) in [6, 6.07) is 7.49. The third-order valence-electron chi connectivity index (χ3n) is 3.32. The Morgan fingerprint density at radius 1 is 1.33 bits per heavy atom. The first-order valence-electron chi connectivity index (χ1n) is 6.50. The van der Waals surface area contributed by atoms with E-state index in [-0.39, 0.29) is 0 Å². The molecule has 0 amide bonds. The van der Waals surface area contributed by atoms with Crippen LogP contribution in [0.3, 0.4) is 0 Å². The van der Waals surface area contributed by atoms with Gasteiger partial charge in [-0.15, -0.1) is 0 Å². The van der Waals surface area contributed by atoms with Gasteiger partial charge < -0.3 is 4.74 Å². The third-order valence-corrected chi connectivity index (χ3v) is 3.32. The minimum atomic E-state index is -0.402. The minimum Gasteiger partial charge on any atom is -0.464 e. The number of pyridine rings is 2. The number of aryl methyl sites for hydroxylation is 1. The van der Waals surface area contributed by atoms with Gasteiger partial charge in [0, 0.05) is 23.5 Å². The van der Waals surface area contributed by atoms with E-state index in [4.69, 9.17) is 4.74 Å². The van der Waals surface area contributed by atoms with Crippen molar-refractivity contribution in [3.63, 3.8) is 0 Å². The molecule has 0 saturated heterocycles. The molecule has 0 fully saturated rings. The molecule has 0 bridgehead atoms. The highest BCUT2D eigenvalue weighted by molar-refractivity contribution is 5.87. The number of aromatic nitrogens is 4. The van der Waals surface area contributed by atoms with Crippen molar-refractivity contribution in [2.75, 3.05) is 7.11 Å². The van der Waals surface area contributed by atoms with Gasteiger partial charge in [0.1, 0.15) is 5.69 Å². The van der Waals surface area contributed by atoms with Crippen LogP contribution in [0.2, 0.25) is 0 Å². The number of rotatable bonds is 3. The van der Waals surface area contributed by atoms with Crippen LogP contribution in [0, 0.1) is 6.92 Å². The van der Waals surface area contributed by atoms with E-state index in [0.29, 0.717) is 17.9 Å². The van der Waals surface area contributed by atoms with E-state index in [0.717, 1.165) is 16.6 Å². The lowest BCUT2D eigenvalue weighted by Crippen LogP contribution is -2.13. The topological polar surface area (TPSA) is 69.9 Å². The summed E-state index contributed by atoms with van der Waals surface area (Å²) < 4.78 is 6.36. The lowest BCUT2D eigenvalue weighted by Gasteiger charge is -2.09. The molecule has 0 spiro atoms. The fourth-order valence-electron chi connectivity index (χ4n) is 2.20. The van der Waals surface area contributed by atoms with Crippen molar-refractivity contribution in [3.05, 3.63) is 53.6 Å². The molecule has 3 heterocycles. The number of methoxy groups -OCH3 is 1. The Kier molecular flexibility index (Phi) is 3.35. The Balaban J connectivity index is 2.00. The van der Waals surface area contributed by atoms with Gasteiger partial charge in [-0.25, -0.2) is 14.8 Å². The molecule has 0 aliphatic carbocycles. The van der Waals surface area contributed by atoms with Gasteiger partial charge in [-0.3, -0.25) is 4.68 Å². The monoisotopic (exact) mass is 282 g/mol. The molecule has 0 aliphatic heterocycles. The van der Waals surface area contributed by atoms with E-state index in [1.807, 2.05) is 25.1 Å². The highest BCUT2D eigenvalue weighted by atomic mass is 16.5. The fraction of sp³-hybridized carbons (Fsp3) is 0.200. The van der Waals surface area contributed by atoms with Gasteiger partial charge in [-0.05, 0) is 36.8 Å². The maximum atomic E-state index is 11.7. The van der Waals surface area contributed by atoms with Crippen molar-refractivity contribution in [2.45, 2.75) is 13.5 Å². The lowest BCUT2D eigenvalue weighted by molar-refractivity contribution is 0.0587. The standard InChI is InChI=1S/C15H14N4O2/c1-10-12(8-11-4-3-6-16-14(11)18-10)9-19-13(5-7-17-19)15(20)21-2/h3-8H,9H2,1-2H3. The highest BCUT2D eigenvalue weighted by Gasteiger charge is 2.13. The molecule has 3 rings (SSSR count). The van der Waals surface area contributed by atoms with Crippen LogP contribution in [0.15, 0.2) is 36.7 Å². The first-order valence-corrected chi connectivity index (χ1v) is 6.50. The molecule has 21 heavy (non-hydrogen) atoms. The normalized spacial score (nSPS) is 10.8. The summed E-state index contributed by atoms with van der Waals surface area (Å²) in [5.74, 6) is -0.402. The van der Waals surface area contributed by atoms with Gasteiger partial charge in [0.05, 0.1) is 13.7 Å². The van der Waals surface area contributed by atoms with Crippen LogP contribution < -0.4 is 0 Å². The molecule has 0 atom stereocenters. The molecule has 0 radical (unpaired) electrons. The number of hydrogen-bond acceptors (Lipinski definition) is 5. The maximum Gasteiger partial charge on any atom is 0.356 e. The summed E-state index contributed by atoms with van der Waals surface area (Å²) >= 11 is 0. The maximum absolute atomic E-state index is 11.7. The van der Waals surface area contributed by atoms with E-state index in [1.54, 1.807) is 23.1 Å². The van der Waals surface area contributed by atoms with Crippen LogP contribution in [-0.2, 0) is 11.3 Å². The average molecular weight is 282 g/mol. The van der Waals surface area contributed by atoms with Gasteiger partial charge in [0.2, 0.25) is 0 Å². The molecule has 3 aromatic rings. The highest BCUT2D eigenvalue weighted by Crippen LogP contribution is 2.16. The molecule has 0 saturated carbocycles. The van der Waals surface area contributed by atoms with Crippen LogP contribution in [0.4, 0.5) is 0 Å². The van der Waals surface area contributed by atoms with Crippen molar-refractivity contribution in [3.8, 4) is 0 Å². The van der Waals surface area contributed by atoms with Crippen LogP contribution in [-0.4, -0.2) is 32.8 Å². The summed E-state index contributed by atoms with van der Waals surface area (Å²) in [6.45, 7) is 2.38. The fourth-order valence-corrected chi connectivity index (χ4v) is 2.20. The van der Waals surface area contributed by atoms with Crippen molar-refractivity contribution in [2.24, 2.45) is 0 Å². The summed E-state index contributed by atoms with van der Waals surface area (Å²) in [4.78, 5) is 20.4. The zero-order valence-corrected chi connectivity index (χ0v) is 11.8. The molecule has 0 aliphatic rings. The van der Waals surface area contributed by atoms with Crippen LogP contribution in [0.5, 0.6) is 0 Å². The van der Waals surface area contributed by atoms with Gasteiger partial charge in [0.25, 0.3) is 0 Å². The second-order valence-electron chi connectivity index (χ2n) is 4.65. The Morgan fingerprint density at radius 2 is 2.19 bits per heavy atom. The van der Waals surface area contributed by atoms with Crippen molar-refractivity contribution in [1.29, 1.82) is 0 Å². The molecule has 0 unspecified atom stereocenters. The number of esters is 1. The predicted molar refractivity (Wildman–Crippen MR) is 76.9 cm³/mol. The van der Waals surface area contributed by atoms with E-state index < -0.39 is 5.97 Å². The lowest BCUT2D eigenvalue weighted by atomic mass is 10.1. The summed E-state index contributed by atoms with van der Waals surface area (Å²) in [6.07, 6.45) is 3.30. The second-order valence-corrected chi connectivity index (χ2v) is 4.65. The van der Waals surface area contributed by atoms with E-state index >= 15 is 0 Å². The van der Waals surface area contributed by atoms with Gasteiger partial charge in [-0.2, -0.15) is 5.10 Å². The number of nitrogens with zero attached hydrogens (tertiary/aromatic N) is 4. The van der Waals surface area contributed by atoms with Crippen LogP contribution >= 0.6 is 0 Å². The number of ether oxygens (including phenoxy) is 1. The van der Waals surface area contributed by atoms with Gasteiger partial charge in [0.15, 0.2) is 5.65 Å². The molecule has 0 aromatic carbocycles. The van der Waals surface area contributed by atoms with E-state index in [2.05, 4.69) is 15.1 Å². The zero-order chi connectivity index (χ0) is 14.8. The van der Waals surface area contributed by atoms with Crippen molar-refractivity contribution >= 4 is 17.0 Å². The minimum absolute atomic E-state index is 0.402. The number of carbonyl (C=O) groups is 1. The summed E-state index contributed by atoms with van der Waals surface area (Å²) in [7, 11) is 1.36. The smallest absolute Gasteiger partial charge is 0.356 e. The Bertz CT molecular complexity index is 810. The van der Waals surface area contributed by atoms with Gasteiger partial charge >= 0.3 is 5.97 Å². The third kappa shape index (κ3) is 2.47.